The molecule has 0 spiro atoms. The number of amides is 1. The van der Waals surface area contributed by atoms with Crippen molar-refractivity contribution >= 4 is 11.9 Å². The van der Waals surface area contributed by atoms with Crippen LogP contribution in [-0.2, 0) is 14.3 Å². The Bertz CT molecular complexity index is 946. The predicted octanol–water partition coefficient (Wildman–Crippen LogP) is 14.5. The molecule has 1 amide bonds. The summed E-state index contributed by atoms with van der Waals surface area (Å²) in [6.45, 7) is 6.36. The average Bonchev–Trinajstić information content (AvgIpc) is 3.20. The molecular formula is C51H95NO5. The van der Waals surface area contributed by atoms with E-state index < -0.39 is 18.2 Å². The Morgan fingerprint density at radius 2 is 0.947 bits per heavy atom. The van der Waals surface area contributed by atoms with E-state index in [1.807, 2.05) is 0 Å². The van der Waals surface area contributed by atoms with Crippen molar-refractivity contribution in [2.45, 2.75) is 270 Å². The van der Waals surface area contributed by atoms with Crippen molar-refractivity contribution in [3.05, 3.63) is 36.5 Å². The van der Waals surface area contributed by atoms with Crippen molar-refractivity contribution in [1.82, 2.24) is 5.32 Å². The van der Waals surface area contributed by atoms with Crippen molar-refractivity contribution in [2.75, 3.05) is 6.61 Å². The second kappa shape index (κ2) is 45.2. The van der Waals surface area contributed by atoms with E-state index in [1.54, 1.807) is 0 Å². The van der Waals surface area contributed by atoms with Gasteiger partial charge in [0.2, 0.25) is 5.91 Å². The summed E-state index contributed by atoms with van der Waals surface area (Å²) in [5, 5.41) is 23.7. The number of ether oxygens (including phenoxy) is 1. The Kier molecular flexibility index (Phi) is 43.6. The van der Waals surface area contributed by atoms with E-state index in [0.29, 0.717) is 19.3 Å². The van der Waals surface area contributed by atoms with Crippen LogP contribution in [0.4, 0.5) is 0 Å². The van der Waals surface area contributed by atoms with E-state index >= 15 is 0 Å². The summed E-state index contributed by atoms with van der Waals surface area (Å²) in [6.07, 6.45) is 52.1. The van der Waals surface area contributed by atoms with E-state index in [4.69, 9.17) is 4.74 Å². The minimum Gasteiger partial charge on any atom is -0.462 e. The number of aliphatic hydroxyl groups is 2. The van der Waals surface area contributed by atoms with Crippen LogP contribution >= 0.6 is 0 Å². The number of nitrogens with one attached hydrogen (secondary N) is 1. The zero-order chi connectivity index (χ0) is 41.7. The van der Waals surface area contributed by atoms with Gasteiger partial charge < -0.3 is 20.3 Å². The Morgan fingerprint density at radius 1 is 0.526 bits per heavy atom. The molecule has 0 aromatic carbocycles. The van der Waals surface area contributed by atoms with Gasteiger partial charge >= 0.3 is 5.97 Å². The number of unbranched alkanes of at least 4 members (excludes halogenated alkanes) is 26. The molecule has 0 saturated carbocycles. The molecule has 0 rings (SSSR count). The highest BCUT2D eigenvalue weighted by Gasteiger charge is 2.24. The molecule has 6 heteroatoms. The quantitative estimate of drug-likeness (QED) is 0.0324. The number of hydrogen-bond acceptors (Lipinski definition) is 5. The molecule has 3 N–H and O–H groups in total. The Morgan fingerprint density at radius 3 is 1.42 bits per heavy atom. The van der Waals surface area contributed by atoms with E-state index in [9.17, 15) is 19.8 Å². The number of aliphatic hydroxyl groups excluding tert-OH is 2. The van der Waals surface area contributed by atoms with Gasteiger partial charge in [-0.05, 0) is 57.8 Å². The van der Waals surface area contributed by atoms with Crippen LogP contribution in [0.1, 0.15) is 252 Å². The lowest BCUT2D eigenvalue weighted by Crippen LogP contribution is -2.46. The highest BCUT2D eigenvalue weighted by Crippen LogP contribution is 2.17. The minimum absolute atomic E-state index is 0.0548. The third-order valence-electron chi connectivity index (χ3n) is 11.2. The van der Waals surface area contributed by atoms with Gasteiger partial charge in [0.25, 0.3) is 0 Å². The van der Waals surface area contributed by atoms with Gasteiger partial charge in [0, 0.05) is 6.42 Å². The Hall–Kier alpha value is -1.92. The normalized spacial score (nSPS) is 13.6. The van der Waals surface area contributed by atoms with Gasteiger partial charge in [0.05, 0.1) is 25.2 Å². The van der Waals surface area contributed by atoms with Gasteiger partial charge in [-0.3, -0.25) is 9.59 Å². The summed E-state index contributed by atoms with van der Waals surface area (Å²) in [6, 6.07) is -0.710. The van der Waals surface area contributed by atoms with E-state index in [0.717, 1.165) is 77.0 Å². The Balaban J connectivity index is 4.56. The maximum absolute atomic E-state index is 13.2. The molecular weight excluding hydrogens is 707 g/mol. The number of carbonyl (C=O) groups excluding carboxylic acids is 2. The molecule has 334 valence electrons. The highest BCUT2D eigenvalue weighted by molar-refractivity contribution is 5.77. The maximum Gasteiger partial charge on any atom is 0.306 e. The molecule has 0 heterocycles. The number of esters is 1. The van der Waals surface area contributed by atoms with Crippen molar-refractivity contribution in [3.63, 3.8) is 0 Å². The molecule has 0 aliphatic heterocycles. The fraction of sp³-hybridized carbons (Fsp3) is 0.843. The van der Waals surface area contributed by atoms with Gasteiger partial charge in [-0.2, -0.15) is 0 Å². The van der Waals surface area contributed by atoms with Crippen LogP contribution in [0, 0.1) is 0 Å². The van der Waals surface area contributed by atoms with Gasteiger partial charge in [-0.15, -0.1) is 0 Å². The van der Waals surface area contributed by atoms with Gasteiger partial charge in [0.1, 0.15) is 6.10 Å². The summed E-state index contributed by atoms with van der Waals surface area (Å²) in [7, 11) is 0. The third kappa shape index (κ3) is 40.6. The van der Waals surface area contributed by atoms with E-state index in [-0.39, 0.29) is 24.9 Å². The molecule has 57 heavy (non-hydrogen) atoms. The molecule has 0 radical (unpaired) electrons. The SMILES string of the molecule is CC/C=C/C/C=C/C/C=C/CCCCC(CC(=O)NC(CO)C(O)CCCCCCCCCCCCCCCCC)OC(=O)CCCCCCCCCCCCC. The molecule has 0 aromatic rings. The number of rotatable bonds is 44. The molecule has 0 fully saturated rings. The van der Waals surface area contributed by atoms with Crippen molar-refractivity contribution < 1.29 is 24.5 Å². The summed E-state index contributed by atoms with van der Waals surface area (Å²) in [4.78, 5) is 26.0. The first-order chi connectivity index (χ1) is 28.0. The summed E-state index contributed by atoms with van der Waals surface area (Å²) < 4.78 is 5.89. The molecule has 0 saturated heterocycles. The molecule has 0 aliphatic rings. The molecule has 0 aromatic heterocycles. The van der Waals surface area contributed by atoms with Crippen molar-refractivity contribution in [3.8, 4) is 0 Å². The fourth-order valence-electron chi connectivity index (χ4n) is 7.50. The first-order valence-corrected chi connectivity index (χ1v) is 24.7. The largest absolute Gasteiger partial charge is 0.462 e. The number of hydrogen-bond donors (Lipinski definition) is 3. The lowest BCUT2D eigenvalue weighted by Gasteiger charge is -2.24. The number of carbonyl (C=O) groups is 2. The van der Waals surface area contributed by atoms with E-state index in [1.165, 1.54) is 128 Å². The summed E-state index contributed by atoms with van der Waals surface area (Å²) >= 11 is 0. The average molecular weight is 802 g/mol. The Labute approximate surface area is 353 Å². The first kappa shape index (κ1) is 55.1. The number of allylic oxidation sites excluding steroid dienone is 6. The van der Waals surface area contributed by atoms with Gasteiger partial charge in [-0.1, -0.05) is 218 Å². The van der Waals surface area contributed by atoms with Crippen LogP contribution in [0.3, 0.4) is 0 Å². The zero-order valence-electron chi connectivity index (χ0n) is 38.0. The summed E-state index contributed by atoms with van der Waals surface area (Å²) in [5.41, 5.74) is 0. The standard InChI is InChI=1S/C51H95NO5/c1-4-7-10-13-16-19-22-24-25-26-29-31-34-37-40-43-49(54)48(46-53)52-50(55)45-47(42-39-36-33-30-28-23-20-17-14-11-8-5-2)57-51(56)44-41-38-35-32-27-21-18-15-12-9-6-3/h8,11,17,20,28,30,47-49,53-54H,4-7,9-10,12-16,18-19,21-27,29,31-46H2,1-3H3,(H,52,55)/b11-8+,20-17+,30-28+. The van der Waals surface area contributed by atoms with Crippen LogP contribution in [0.15, 0.2) is 36.5 Å². The smallest absolute Gasteiger partial charge is 0.306 e. The van der Waals surface area contributed by atoms with Crippen LogP contribution in [-0.4, -0.2) is 46.9 Å². The fourth-order valence-corrected chi connectivity index (χ4v) is 7.50. The molecule has 6 nitrogen and oxygen atoms in total. The third-order valence-corrected chi connectivity index (χ3v) is 11.2. The second-order valence-corrected chi connectivity index (χ2v) is 16.8. The van der Waals surface area contributed by atoms with Crippen LogP contribution in [0.2, 0.25) is 0 Å². The second-order valence-electron chi connectivity index (χ2n) is 16.8. The zero-order valence-corrected chi connectivity index (χ0v) is 38.0. The first-order valence-electron chi connectivity index (χ1n) is 24.7. The maximum atomic E-state index is 13.2. The summed E-state index contributed by atoms with van der Waals surface area (Å²) in [5.74, 6) is -0.506. The lowest BCUT2D eigenvalue weighted by atomic mass is 10.0. The van der Waals surface area contributed by atoms with Crippen molar-refractivity contribution in [2.24, 2.45) is 0 Å². The predicted molar refractivity (Wildman–Crippen MR) is 246 cm³/mol. The molecule has 0 aliphatic carbocycles. The van der Waals surface area contributed by atoms with Crippen LogP contribution in [0.25, 0.3) is 0 Å². The lowest BCUT2D eigenvalue weighted by molar-refractivity contribution is -0.151. The van der Waals surface area contributed by atoms with Crippen LogP contribution < -0.4 is 5.32 Å². The topological polar surface area (TPSA) is 95.9 Å². The molecule has 3 unspecified atom stereocenters. The van der Waals surface area contributed by atoms with Crippen LogP contribution in [0.5, 0.6) is 0 Å². The highest BCUT2D eigenvalue weighted by atomic mass is 16.5. The van der Waals surface area contributed by atoms with Gasteiger partial charge in [-0.25, -0.2) is 0 Å². The molecule has 0 bridgehead atoms. The van der Waals surface area contributed by atoms with E-state index in [2.05, 4.69) is 62.5 Å². The monoisotopic (exact) mass is 802 g/mol. The van der Waals surface area contributed by atoms with Crippen molar-refractivity contribution in [1.29, 1.82) is 0 Å². The van der Waals surface area contributed by atoms with Gasteiger partial charge in [0.15, 0.2) is 0 Å². The molecule has 3 atom stereocenters. The minimum atomic E-state index is -0.794.